The zero-order valence-corrected chi connectivity index (χ0v) is 15.8. The van der Waals surface area contributed by atoms with Gasteiger partial charge in [-0.05, 0) is 42.7 Å². The Morgan fingerprint density at radius 2 is 1.80 bits per heavy atom. The average Bonchev–Trinajstić information content (AvgIpc) is 2.54. The molecule has 1 fully saturated rings. The van der Waals surface area contributed by atoms with Crippen molar-refractivity contribution in [1.82, 2.24) is 15.5 Å². The third-order valence-corrected chi connectivity index (χ3v) is 4.76. The molecule has 1 aliphatic rings. The second kappa shape index (κ2) is 9.78. The quantitative estimate of drug-likeness (QED) is 0.710. The lowest BCUT2D eigenvalue weighted by Crippen LogP contribution is -2.49. The second-order valence-electron chi connectivity index (χ2n) is 7.69. The van der Waals surface area contributed by atoms with Crippen molar-refractivity contribution in [3.8, 4) is 0 Å². The Balaban J connectivity index is 1.65. The number of carbonyl (C=O) groups excluding carboxylic acids is 1. The number of urea groups is 1. The number of nitrogens with one attached hydrogen (secondary N) is 2. The molecule has 0 aromatic heterocycles. The molecule has 0 saturated carbocycles. The zero-order valence-electron chi connectivity index (χ0n) is 15.8. The Hall–Kier alpha value is -1.59. The van der Waals surface area contributed by atoms with Crippen LogP contribution in [0.3, 0.4) is 0 Å². The third-order valence-electron chi connectivity index (χ3n) is 4.76. The number of likely N-dealkylation sites (tertiary alicyclic amines) is 1. The molecule has 0 aliphatic carbocycles. The molecule has 0 spiro atoms. The fourth-order valence-corrected chi connectivity index (χ4v) is 3.78. The van der Waals surface area contributed by atoms with Crippen LogP contribution in [0.4, 0.5) is 4.79 Å². The highest BCUT2D eigenvalue weighted by Crippen LogP contribution is 2.20. The molecule has 140 valence electrons. The topological polar surface area (TPSA) is 64.6 Å². The molecule has 1 heterocycles. The smallest absolute Gasteiger partial charge is 0.315 e. The highest BCUT2D eigenvalue weighted by molar-refractivity contribution is 5.74. The number of benzene rings is 1. The number of amides is 2. The Labute approximate surface area is 151 Å². The van der Waals surface area contributed by atoms with Crippen LogP contribution in [0.1, 0.15) is 38.3 Å². The summed E-state index contributed by atoms with van der Waals surface area (Å²) in [5, 5.41) is 15.0. The number of hydrogen-bond acceptors (Lipinski definition) is 3. The van der Waals surface area contributed by atoms with Gasteiger partial charge in [-0.2, -0.15) is 0 Å². The summed E-state index contributed by atoms with van der Waals surface area (Å²) in [5.41, 5.74) is 2.06. The van der Waals surface area contributed by atoms with E-state index < -0.39 is 0 Å². The molecule has 1 saturated heterocycles. The molecule has 5 heteroatoms. The molecule has 25 heavy (non-hydrogen) atoms. The van der Waals surface area contributed by atoms with Crippen LogP contribution in [0.15, 0.2) is 24.3 Å². The Bertz CT molecular complexity index is 522. The molecule has 1 aromatic rings. The second-order valence-corrected chi connectivity index (χ2v) is 7.69. The van der Waals surface area contributed by atoms with Crippen LogP contribution in [-0.4, -0.2) is 48.3 Å². The summed E-state index contributed by atoms with van der Waals surface area (Å²) in [6, 6.07) is 7.86. The molecule has 1 aromatic carbocycles. The van der Waals surface area contributed by atoms with Crippen molar-refractivity contribution in [2.24, 2.45) is 11.8 Å². The minimum Gasteiger partial charge on any atom is -0.392 e. The number of hydrogen-bond donors (Lipinski definition) is 3. The number of nitrogens with zero attached hydrogens (tertiary/aromatic N) is 1. The maximum absolute atomic E-state index is 12.0. The fraction of sp³-hybridized carbons (Fsp3) is 0.650. The van der Waals surface area contributed by atoms with E-state index in [1.165, 1.54) is 6.42 Å². The predicted octanol–water partition coefficient (Wildman–Crippen LogP) is 2.39. The highest BCUT2D eigenvalue weighted by atomic mass is 16.3. The van der Waals surface area contributed by atoms with Gasteiger partial charge < -0.3 is 20.6 Å². The van der Waals surface area contributed by atoms with Crippen LogP contribution in [0.5, 0.6) is 0 Å². The standard InChI is InChI=1S/C20H33N3O2/c1-15-10-16(2)12-23(11-15)13-17(3)22-20(25)21-9-8-18-4-6-19(14-24)7-5-18/h4-7,15-17,24H,8-14H2,1-3H3,(H2,21,22,25). The zero-order chi connectivity index (χ0) is 18.2. The molecule has 1 aliphatic heterocycles. The van der Waals surface area contributed by atoms with Gasteiger partial charge in [0, 0.05) is 32.2 Å². The molecule has 3 N–H and O–H groups in total. The molecule has 3 unspecified atom stereocenters. The van der Waals surface area contributed by atoms with E-state index in [0.29, 0.717) is 6.54 Å². The van der Waals surface area contributed by atoms with Crippen molar-refractivity contribution in [2.45, 2.75) is 46.3 Å². The summed E-state index contributed by atoms with van der Waals surface area (Å²) in [4.78, 5) is 14.5. The molecule has 2 amide bonds. The fourth-order valence-electron chi connectivity index (χ4n) is 3.78. The highest BCUT2D eigenvalue weighted by Gasteiger charge is 2.23. The lowest BCUT2D eigenvalue weighted by molar-refractivity contribution is 0.131. The average molecular weight is 348 g/mol. The van der Waals surface area contributed by atoms with E-state index in [-0.39, 0.29) is 18.7 Å². The Morgan fingerprint density at radius 1 is 1.20 bits per heavy atom. The first-order valence-corrected chi connectivity index (χ1v) is 9.41. The van der Waals surface area contributed by atoms with Crippen LogP contribution in [0, 0.1) is 11.8 Å². The van der Waals surface area contributed by atoms with Crippen LogP contribution in [0.25, 0.3) is 0 Å². The summed E-state index contributed by atoms with van der Waals surface area (Å²) in [6.07, 6.45) is 2.09. The van der Waals surface area contributed by atoms with Crippen LogP contribution in [-0.2, 0) is 13.0 Å². The van der Waals surface area contributed by atoms with Gasteiger partial charge >= 0.3 is 6.03 Å². The summed E-state index contributed by atoms with van der Waals surface area (Å²) in [7, 11) is 0. The van der Waals surface area contributed by atoms with E-state index in [2.05, 4.69) is 36.3 Å². The Morgan fingerprint density at radius 3 is 2.40 bits per heavy atom. The van der Waals surface area contributed by atoms with Gasteiger partial charge in [-0.1, -0.05) is 38.1 Å². The third kappa shape index (κ3) is 7.04. The van der Waals surface area contributed by atoms with Crippen molar-refractivity contribution >= 4 is 6.03 Å². The minimum absolute atomic E-state index is 0.0629. The van der Waals surface area contributed by atoms with Gasteiger partial charge in [0.2, 0.25) is 0 Å². The number of aliphatic hydroxyl groups excluding tert-OH is 1. The molecular formula is C20H33N3O2. The summed E-state index contributed by atoms with van der Waals surface area (Å²) in [6.45, 7) is 10.5. The summed E-state index contributed by atoms with van der Waals surface area (Å²) >= 11 is 0. The monoisotopic (exact) mass is 347 g/mol. The lowest BCUT2D eigenvalue weighted by Gasteiger charge is -2.36. The van der Waals surface area contributed by atoms with Crippen LogP contribution < -0.4 is 10.6 Å². The van der Waals surface area contributed by atoms with Gasteiger partial charge in [0.1, 0.15) is 0 Å². The van der Waals surface area contributed by atoms with Crippen molar-refractivity contribution in [1.29, 1.82) is 0 Å². The van der Waals surface area contributed by atoms with E-state index >= 15 is 0 Å². The molecule has 3 atom stereocenters. The maximum Gasteiger partial charge on any atom is 0.315 e. The summed E-state index contributed by atoms with van der Waals surface area (Å²) < 4.78 is 0. The van der Waals surface area contributed by atoms with E-state index in [9.17, 15) is 4.79 Å². The van der Waals surface area contributed by atoms with E-state index in [1.54, 1.807) is 0 Å². The van der Waals surface area contributed by atoms with Crippen molar-refractivity contribution in [3.05, 3.63) is 35.4 Å². The van der Waals surface area contributed by atoms with Gasteiger partial charge in [0.15, 0.2) is 0 Å². The predicted molar refractivity (Wildman–Crippen MR) is 101 cm³/mol. The number of rotatable bonds is 7. The van der Waals surface area contributed by atoms with Gasteiger partial charge in [-0.3, -0.25) is 0 Å². The molecule has 2 rings (SSSR count). The minimum atomic E-state index is -0.0995. The first-order valence-electron chi connectivity index (χ1n) is 9.41. The summed E-state index contributed by atoms with van der Waals surface area (Å²) in [5.74, 6) is 1.48. The van der Waals surface area contributed by atoms with E-state index in [1.807, 2.05) is 24.3 Å². The van der Waals surface area contributed by atoms with Crippen LogP contribution in [0.2, 0.25) is 0 Å². The molecule has 5 nitrogen and oxygen atoms in total. The number of piperidine rings is 1. The van der Waals surface area contributed by atoms with Gasteiger partial charge in [-0.15, -0.1) is 0 Å². The van der Waals surface area contributed by atoms with Crippen molar-refractivity contribution in [2.75, 3.05) is 26.2 Å². The van der Waals surface area contributed by atoms with Gasteiger partial charge in [-0.25, -0.2) is 4.79 Å². The van der Waals surface area contributed by atoms with Crippen LogP contribution >= 0.6 is 0 Å². The number of aliphatic hydroxyl groups is 1. The van der Waals surface area contributed by atoms with E-state index in [4.69, 9.17) is 5.11 Å². The van der Waals surface area contributed by atoms with Crippen molar-refractivity contribution in [3.63, 3.8) is 0 Å². The lowest BCUT2D eigenvalue weighted by atomic mass is 9.92. The molecule has 0 radical (unpaired) electrons. The normalized spacial score (nSPS) is 22.4. The van der Waals surface area contributed by atoms with Gasteiger partial charge in [0.05, 0.1) is 6.61 Å². The first-order chi connectivity index (χ1) is 12.0. The van der Waals surface area contributed by atoms with E-state index in [0.717, 1.165) is 49.0 Å². The van der Waals surface area contributed by atoms with Gasteiger partial charge in [0.25, 0.3) is 0 Å². The molecular weight excluding hydrogens is 314 g/mol. The maximum atomic E-state index is 12.0. The number of carbonyl (C=O) groups is 1. The Kier molecular flexibility index (Phi) is 7.72. The van der Waals surface area contributed by atoms with Crippen molar-refractivity contribution < 1.29 is 9.90 Å². The molecule has 0 bridgehead atoms. The SMILES string of the molecule is CC1CC(C)CN(CC(C)NC(=O)NCCc2ccc(CO)cc2)C1. The first kappa shape index (κ1) is 19.7. The largest absolute Gasteiger partial charge is 0.392 e.